The second kappa shape index (κ2) is 11.3. The molecule has 3 rings (SSSR count). The summed E-state index contributed by atoms with van der Waals surface area (Å²) in [7, 11) is -2.43. The Balaban J connectivity index is 1.58. The van der Waals surface area contributed by atoms with Crippen molar-refractivity contribution in [2.45, 2.75) is 25.2 Å². The fraction of sp³-hybridized carbons (Fsp3) is 0.391. The number of rotatable bonds is 8. The molecule has 0 atom stereocenters. The molecule has 2 N–H and O–H groups in total. The molecule has 1 fully saturated rings. The van der Waals surface area contributed by atoms with E-state index in [9.17, 15) is 18.0 Å². The molecule has 0 aromatic heterocycles. The molecular formula is C23H29N3O7S. The van der Waals surface area contributed by atoms with Gasteiger partial charge in [-0.25, -0.2) is 8.42 Å². The van der Waals surface area contributed by atoms with E-state index in [1.165, 1.54) is 23.5 Å². The summed E-state index contributed by atoms with van der Waals surface area (Å²) in [6, 6.07) is 10.2. The monoisotopic (exact) mass is 491 g/mol. The van der Waals surface area contributed by atoms with E-state index in [1.54, 1.807) is 6.07 Å². The molecule has 0 radical (unpaired) electrons. The molecule has 2 aromatic carbocycles. The lowest BCUT2D eigenvalue weighted by Gasteiger charge is -2.26. The number of hydrogen-bond acceptors (Lipinski definition) is 7. The van der Waals surface area contributed by atoms with E-state index in [1.807, 2.05) is 32.0 Å². The number of nitrogens with one attached hydrogen (secondary N) is 2. The largest absolute Gasteiger partial charge is 0.495 e. The molecule has 11 heteroatoms. The van der Waals surface area contributed by atoms with Gasteiger partial charge in [0.05, 0.1) is 26.7 Å². The van der Waals surface area contributed by atoms with Crippen molar-refractivity contribution >= 4 is 21.8 Å². The van der Waals surface area contributed by atoms with E-state index >= 15 is 0 Å². The van der Waals surface area contributed by atoms with E-state index < -0.39 is 21.8 Å². The number of morpholine rings is 1. The maximum atomic E-state index is 13.1. The standard InChI is InChI=1S/C23H29N3O7S/c1-16-4-5-17(2)20(12-16)33-15-23(28)25-24-22(27)14-18-6-7-19(31-3)21(13-18)34(29,30)26-8-10-32-11-9-26/h4-7,12-13H,8-11,14-15H2,1-3H3,(H,24,27)(H,25,28). The number of hydrazine groups is 1. The smallest absolute Gasteiger partial charge is 0.276 e. The van der Waals surface area contributed by atoms with Crippen molar-refractivity contribution in [1.29, 1.82) is 0 Å². The Morgan fingerprint density at radius 1 is 1.00 bits per heavy atom. The van der Waals surface area contributed by atoms with Crippen LogP contribution in [-0.2, 0) is 30.8 Å². The zero-order chi connectivity index (χ0) is 24.7. The predicted molar refractivity (Wildman–Crippen MR) is 124 cm³/mol. The predicted octanol–water partition coefficient (Wildman–Crippen LogP) is 1.10. The van der Waals surface area contributed by atoms with Crippen LogP contribution in [0.1, 0.15) is 16.7 Å². The first-order valence-electron chi connectivity index (χ1n) is 10.7. The number of ether oxygens (including phenoxy) is 3. The highest BCUT2D eigenvalue weighted by Gasteiger charge is 2.29. The van der Waals surface area contributed by atoms with Crippen molar-refractivity contribution in [2.24, 2.45) is 0 Å². The molecule has 34 heavy (non-hydrogen) atoms. The van der Waals surface area contributed by atoms with Gasteiger partial charge in [-0.3, -0.25) is 20.4 Å². The van der Waals surface area contributed by atoms with Crippen LogP contribution in [0, 0.1) is 13.8 Å². The second-order valence-electron chi connectivity index (χ2n) is 7.83. The first-order valence-corrected chi connectivity index (χ1v) is 12.2. The molecule has 0 spiro atoms. The van der Waals surface area contributed by atoms with Crippen molar-refractivity contribution in [2.75, 3.05) is 40.0 Å². The summed E-state index contributed by atoms with van der Waals surface area (Å²) in [6.45, 7) is 4.64. The highest BCUT2D eigenvalue weighted by atomic mass is 32.2. The minimum atomic E-state index is -3.82. The highest BCUT2D eigenvalue weighted by molar-refractivity contribution is 7.89. The molecule has 1 saturated heterocycles. The SMILES string of the molecule is COc1ccc(CC(=O)NNC(=O)COc2cc(C)ccc2C)cc1S(=O)(=O)N1CCOCC1. The zero-order valence-corrected chi connectivity index (χ0v) is 20.2. The van der Waals surface area contributed by atoms with Crippen LogP contribution >= 0.6 is 0 Å². The lowest BCUT2D eigenvalue weighted by atomic mass is 10.1. The molecule has 10 nitrogen and oxygen atoms in total. The third-order valence-corrected chi connectivity index (χ3v) is 7.14. The van der Waals surface area contributed by atoms with E-state index in [0.29, 0.717) is 24.5 Å². The van der Waals surface area contributed by atoms with Gasteiger partial charge >= 0.3 is 0 Å². The van der Waals surface area contributed by atoms with Crippen LogP contribution in [0.25, 0.3) is 0 Å². The lowest BCUT2D eigenvalue weighted by molar-refractivity contribution is -0.129. The maximum Gasteiger partial charge on any atom is 0.276 e. The van der Waals surface area contributed by atoms with Gasteiger partial charge in [-0.15, -0.1) is 0 Å². The fourth-order valence-electron chi connectivity index (χ4n) is 3.37. The Bertz CT molecular complexity index is 1150. The molecule has 0 unspecified atom stereocenters. The number of nitrogens with zero attached hydrogens (tertiary/aromatic N) is 1. The topological polar surface area (TPSA) is 123 Å². The summed E-state index contributed by atoms with van der Waals surface area (Å²) in [4.78, 5) is 24.4. The summed E-state index contributed by atoms with van der Waals surface area (Å²) in [6.07, 6.45) is -0.145. The number of aryl methyl sites for hydroxylation is 2. The first-order chi connectivity index (χ1) is 16.2. The summed E-state index contributed by atoms with van der Waals surface area (Å²) in [5.74, 6) is -0.263. The summed E-state index contributed by atoms with van der Waals surface area (Å²) >= 11 is 0. The minimum absolute atomic E-state index is 0.0202. The quantitative estimate of drug-likeness (QED) is 0.530. The molecule has 0 saturated carbocycles. The molecular weight excluding hydrogens is 462 g/mol. The Hall–Kier alpha value is -3.15. The van der Waals surface area contributed by atoms with Crippen LogP contribution in [-0.4, -0.2) is 64.6 Å². The Kier molecular flexibility index (Phi) is 8.48. The second-order valence-corrected chi connectivity index (χ2v) is 9.74. The number of carbonyl (C=O) groups is 2. The number of hydrogen-bond donors (Lipinski definition) is 2. The molecule has 184 valence electrons. The number of carbonyl (C=O) groups excluding carboxylic acids is 2. The lowest BCUT2D eigenvalue weighted by Crippen LogP contribution is -2.44. The minimum Gasteiger partial charge on any atom is -0.495 e. The van der Waals surface area contributed by atoms with Gasteiger partial charge in [0.15, 0.2) is 6.61 Å². The third kappa shape index (κ3) is 6.46. The molecule has 1 aliphatic rings. The van der Waals surface area contributed by atoms with Crippen molar-refractivity contribution in [3.05, 3.63) is 53.1 Å². The normalized spacial score (nSPS) is 14.3. The van der Waals surface area contributed by atoms with Gasteiger partial charge in [-0.2, -0.15) is 4.31 Å². The Morgan fingerprint density at radius 2 is 1.71 bits per heavy atom. The van der Waals surface area contributed by atoms with E-state index in [-0.39, 0.29) is 36.8 Å². The highest BCUT2D eigenvalue weighted by Crippen LogP contribution is 2.28. The van der Waals surface area contributed by atoms with Crippen molar-refractivity contribution in [3.8, 4) is 11.5 Å². The number of benzene rings is 2. The van der Waals surface area contributed by atoms with Crippen LogP contribution in [0.3, 0.4) is 0 Å². The summed E-state index contributed by atoms with van der Waals surface area (Å²) in [5.41, 5.74) is 6.96. The van der Waals surface area contributed by atoms with Crippen LogP contribution in [0.4, 0.5) is 0 Å². The van der Waals surface area contributed by atoms with Gasteiger partial charge in [0.1, 0.15) is 16.4 Å². The molecule has 1 heterocycles. The van der Waals surface area contributed by atoms with E-state index in [0.717, 1.165) is 11.1 Å². The average Bonchev–Trinajstić information content (AvgIpc) is 2.83. The molecule has 1 aliphatic heterocycles. The van der Waals surface area contributed by atoms with E-state index in [2.05, 4.69) is 10.9 Å². The van der Waals surface area contributed by atoms with Gasteiger partial charge < -0.3 is 14.2 Å². The van der Waals surface area contributed by atoms with Crippen molar-refractivity contribution in [3.63, 3.8) is 0 Å². The van der Waals surface area contributed by atoms with Crippen molar-refractivity contribution < 1.29 is 32.2 Å². The van der Waals surface area contributed by atoms with Gasteiger partial charge in [-0.1, -0.05) is 18.2 Å². The van der Waals surface area contributed by atoms with Crippen LogP contribution in [0.2, 0.25) is 0 Å². The van der Waals surface area contributed by atoms with Gasteiger partial charge in [0.2, 0.25) is 15.9 Å². The number of methoxy groups -OCH3 is 1. The van der Waals surface area contributed by atoms with Crippen LogP contribution < -0.4 is 20.3 Å². The molecule has 2 aromatic rings. The van der Waals surface area contributed by atoms with Gasteiger partial charge in [-0.05, 0) is 48.7 Å². The zero-order valence-electron chi connectivity index (χ0n) is 19.4. The van der Waals surface area contributed by atoms with Crippen molar-refractivity contribution in [1.82, 2.24) is 15.2 Å². The maximum absolute atomic E-state index is 13.1. The third-order valence-electron chi connectivity index (χ3n) is 5.22. The number of amides is 2. The van der Waals surface area contributed by atoms with Gasteiger partial charge in [0.25, 0.3) is 5.91 Å². The summed E-state index contributed by atoms with van der Waals surface area (Å²) < 4.78 is 43.4. The number of sulfonamides is 1. The van der Waals surface area contributed by atoms with Crippen LogP contribution in [0.15, 0.2) is 41.3 Å². The van der Waals surface area contributed by atoms with Crippen LogP contribution in [0.5, 0.6) is 11.5 Å². The molecule has 0 aliphatic carbocycles. The fourth-order valence-corrected chi connectivity index (χ4v) is 4.98. The average molecular weight is 492 g/mol. The first kappa shape index (κ1) is 25.5. The Labute approximate surface area is 199 Å². The molecule has 0 bridgehead atoms. The van der Waals surface area contributed by atoms with E-state index in [4.69, 9.17) is 14.2 Å². The summed E-state index contributed by atoms with van der Waals surface area (Å²) in [5, 5.41) is 0. The van der Waals surface area contributed by atoms with Gasteiger partial charge in [0, 0.05) is 13.1 Å². The Morgan fingerprint density at radius 3 is 2.41 bits per heavy atom. The molecule has 2 amide bonds.